The first kappa shape index (κ1) is 14.8. The normalized spacial score (nSPS) is 17.7. The Kier molecular flexibility index (Phi) is 4.29. The summed E-state index contributed by atoms with van der Waals surface area (Å²) in [6.45, 7) is 2.92. The molecule has 1 aliphatic rings. The van der Waals surface area contributed by atoms with Crippen molar-refractivity contribution in [3.05, 3.63) is 46.6 Å². The van der Waals surface area contributed by atoms with E-state index in [-0.39, 0.29) is 12.1 Å². The van der Waals surface area contributed by atoms with Crippen LogP contribution in [-0.2, 0) is 6.54 Å². The highest BCUT2D eigenvalue weighted by atomic mass is 35.5. The molecule has 0 spiro atoms. The lowest BCUT2D eigenvalue weighted by Gasteiger charge is -2.22. The van der Waals surface area contributed by atoms with Gasteiger partial charge >= 0.3 is 6.03 Å². The van der Waals surface area contributed by atoms with Crippen molar-refractivity contribution in [1.82, 2.24) is 20.4 Å². The van der Waals surface area contributed by atoms with E-state index in [4.69, 9.17) is 16.1 Å². The molecule has 2 amide bonds. The summed E-state index contributed by atoms with van der Waals surface area (Å²) in [7, 11) is 0. The van der Waals surface area contributed by atoms with Crippen LogP contribution >= 0.6 is 11.6 Å². The molecule has 0 saturated carbocycles. The Morgan fingerprint density at radius 3 is 2.91 bits per heavy atom. The zero-order chi connectivity index (χ0) is 15.5. The van der Waals surface area contributed by atoms with Crippen molar-refractivity contribution in [2.45, 2.75) is 32.4 Å². The highest BCUT2D eigenvalue weighted by molar-refractivity contribution is 6.30. The van der Waals surface area contributed by atoms with Crippen molar-refractivity contribution in [2.75, 3.05) is 6.54 Å². The zero-order valence-corrected chi connectivity index (χ0v) is 13.0. The summed E-state index contributed by atoms with van der Waals surface area (Å²) in [5.41, 5.74) is 1.00. The lowest BCUT2D eigenvalue weighted by atomic mass is 10.2. The van der Waals surface area contributed by atoms with Crippen LogP contribution in [0, 0.1) is 6.92 Å². The molecule has 1 fully saturated rings. The molecule has 1 saturated heterocycles. The second kappa shape index (κ2) is 6.36. The van der Waals surface area contributed by atoms with Gasteiger partial charge in [-0.1, -0.05) is 28.9 Å². The number of hydrogen-bond donors (Lipinski definition) is 1. The van der Waals surface area contributed by atoms with Gasteiger partial charge in [0.2, 0.25) is 5.89 Å². The van der Waals surface area contributed by atoms with Crippen LogP contribution in [0.1, 0.15) is 36.2 Å². The van der Waals surface area contributed by atoms with Crippen molar-refractivity contribution in [3.63, 3.8) is 0 Å². The van der Waals surface area contributed by atoms with Crippen molar-refractivity contribution in [2.24, 2.45) is 0 Å². The molecule has 1 aliphatic heterocycles. The molecule has 0 aliphatic carbocycles. The van der Waals surface area contributed by atoms with E-state index in [9.17, 15) is 4.79 Å². The number of likely N-dealkylation sites (tertiary alicyclic amines) is 1. The van der Waals surface area contributed by atoms with Crippen LogP contribution in [0.5, 0.6) is 0 Å². The molecular formula is C15H17ClN4O2. The molecule has 1 N–H and O–H groups in total. The minimum absolute atomic E-state index is 0.117. The Hall–Kier alpha value is -2.08. The Bertz CT molecular complexity index is 656. The molecule has 6 nitrogen and oxygen atoms in total. The molecule has 22 heavy (non-hydrogen) atoms. The maximum absolute atomic E-state index is 12.4. The van der Waals surface area contributed by atoms with Crippen molar-refractivity contribution in [1.29, 1.82) is 0 Å². The summed E-state index contributed by atoms with van der Waals surface area (Å²) < 4.78 is 5.21. The monoisotopic (exact) mass is 320 g/mol. The van der Waals surface area contributed by atoms with Gasteiger partial charge < -0.3 is 14.7 Å². The largest absolute Gasteiger partial charge is 0.337 e. The molecule has 1 aromatic heterocycles. The molecule has 3 rings (SSSR count). The Morgan fingerprint density at radius 2 is 2.23 bits per heavy atom. The van der Waals surface area contributed by atoms with Crippen LogP contribution in [0.25, 0.3) is 0 Å². The van der Waals surface area contributed by atoms with Gasteiger partial charge in [-0.25, -0.2) is 4.79 Å². The average molecular weight is 321 g/mol. The molecule has 1 aromatic carbocycles. The number of carbonyl (C=O) groups is 1. The number of rotatable bonds is 3. The zero-order valence-electron chi connectivity index (χ0n) is 12.3. The third kappa shape index (κ3) is 3.22. The molecule has 2 aromatic rings. The molecular weight excluding hydrogens is 304 g/mol. The van der Waals surface area contributed by atoms with Gasteiger partial charge in [-0.05, 0) is 37.5 Å². The lowest BCUT2D eigenvalue weighted by molar-refractivity contribution is 0.180. The standard InChI is InChI=1S/C15H17ClN4O2/c1-10-18-14(22-19-10)13-3-2-8-20(13)15(21)17-9-11-4-6-12(16)7-5-11/h4-7,13H,2-3,8-9H2,1H3,(H,17,21). The summed E-state index contributed by atoms with van der Waals surface area (Å²) in [4.78, 5) is 18.4. The topological polar surface area (TPSA) is 71.3 Å². The Morgan fingerprint density at radius 1 is 1.45 bits per heavy atom. The second-order valence-corrected chi connectivity index (χ2v) is 5.75. The minimum Gasteiger partial charge on any atom is -0.337 e. The first-order valence-electron chi connectivity index (χ1n) is 7.22. The van der Waals surface area contributed by atoms with Crippen LogP contribution in [0.15, 0.2) is 28.8 Å². The van der Waals surface area contributed by atoms with Crippen molar-refractivity contribution < 1.29 is 9.32 Å². The first-order chi connectivity index (χ1) is 10.6. The Labute approximate surface area is 133 Å². The van der Waals surface area contributed by atoms with Crippen molar-refractivity contribution >= 4 is 17.6 Å². The number of halogens is 1. The van der Waals surface area contributed by atoms with E-state index in [1.165, 1.54) is 0 Å². The number of nitrogens with one attached hydrogen (secondary N) is 1. The van der Waals surface area contributed by atoms with Gasteiger partial charge in [0.15, 0.2) is 5.82 Å². The number of hydrogen-bond acceptors (Lipinski definition) is 4. The highest BCUT2D eigenvalue weighted by Gasteiger charge is 2.33. The lowest BCUT2D eigenvalue weighted by Crippen LogP contribution is -2.39. The quantitative estimate of drug-likeness (QED) is 0.943. The highest BCUT2D eigenvalue weighted by Crippen LogP contribution is 2.30. The van der Waals surface area contributed by atoms with Gasteiger partial charge in [0.05, 0.1) is 0 Å². The third-order valence-corrected chi connectivity index (χ3v) is 3.95. The van der Waals surface area contributed by atoms with Crippen LogP contribution in [0.2, 0.25) is 5.02 Å². The number of carbonyl (C=O) groups excluding carboxylic acids is 1. The van der Waals surface area contributed by atoms with E-state index in [1.807, 2.05) is 24.3 Å². The fraction of sp³-hybridized carbons (Fsp3) is 0.400. The second-order valence-electron chi connectivity index (χ2n) is 5.32. The van der Waals surface area contributed by atoms with Gasteiger partial charge in [-0.3, -0.25) is 0 Å². The molecule has 1 unspecified atom stereocenters. The first-order valence-corrected chi connectivity index (χ1v) is 7.60. The number of aromatic nitrogens is 2. The van der Waals surface area contributed by atoms with E-state index in [1.54, 1.807) is 11.8 Å². The van der Waals surface area contributed by atoms with E-state index in [2.05, 4.69) is 15.5 Å². The maximum Gasteiger partial charge on any atom is 0.318 e. The van der Waals surface area contributed by atoms with Gasteiger partial charge in [0, 0.05) is 18.1 Å². The van der Waals surface area contributed by atoms with Crippen LogP contribution in [-0.4, -0.2) is 27.6 Å². The van der Waals surface area contributed by atoms with E-state index in [0.29, 0.717) is 29.8 Å². The minimum atomic E-state index is -0.133. The molecule has 116 valence electrons. The van der Waals surface area contributed by atoms with E-state index < -0.39 is 0 Å². The molecule has 0 radical (unpaired) electrons. The van der Waals surface area contributed by atoms with Gasteiger partial charge in [0.1, 0.15) is 6.04 Å². The van der Waals surface area contributed by atoms with Gasteiger partial charge in [-0.15, -0.1) is 0 Å². The third-order valence-electron chi connectivity index (χ3n) is 3.70. The summed E-state index contributed by atoms with van der Waals surface area (Å²) in [6.07, 6.45) is 1.77. The van der Waals surface area contributed by atoms with Gasteiger partial charge in [-0.2, -0.15) is 4.98 Å². The number of aryl methyl sites for hydroxylation is 1. The number of amides is 2. The van der Waals surface area contributed by atoms with Crippen LogP contribution in [0.3, 0.4) is 0 Å². The number of urea groups is 1. The Balaban J connectivity index is 1.62. The number of benzene rings is 1. The summed E-state index contributed by atoms with van der Waals surface area (Å²) in [6, 6.07) is 7.16. The molecule has 0 bridgehead atoms. The van der Waals surface area contributed by atoms with Crippen molar-refractivity contribution in [3.8, 4) is 0 Å². The molecule has 1 atom stereocenters. The summed E-state index contributed by atoms with van der Waals surface area (Å²) in [5.74, 6) is 1.10. The predicted molar refractivity (Wildman–Crippen MR) is 81.4 cm³/mol. The van der Waals surface area contributed by atoms with Crippen LogP contribution < -0.4 is 5.32 Å². The predicted octanol–water partition coefficient (Wildman–Crippen LogP) is 3.08. The fourth-order valence-corrected chi connectivity index (χ4v) is 2.72. The summed E-state index contributed by atoms with van der Waals surface area (Å²) in [5, 5.41) is 7.40. The maximum atomic E-state index is 12.4. The molecule has 2 heterocycles. The van der Waals surface area contributed by atoms with Crippen LogP contribution in [0.4, 0.5) is 4.79 Å². The smallest absolute Gasteiger partial charge is 0.318 e. The molecule has 7 heteroatoms. The SMILES string of the molecule is Cc1noc(C2CCCN2C(=O)NCc2ccc(Cl)cc2)n1. The summed E-state index contributed by atoms with van der Waals surface area (Å²) >= 11 is 5.85. The van der Waals surface area contributed by atoms with E-state index in [0.717, 1.165) is 18.4 Å². The van der Waals surface area contributed by atoms with E-state index >= 15 is 0 Å². The van der Waals surface area contributed by atoms with Gasteiger partial charge in [0.25, 0.3) is 0 Å². The number of nitrogens with zero attached hydrogens (tertiary/aromatic N) is 3. The fourth-order valence-electron chi connectivity index (χ4n) is 2.60. The average Bonchev–Trinajstić information content (AvgIpc) is 3.14.